The first kappa shape index (κ1) is 10.5. The number of ether oxygens (including phenoxy) is 1. The maximum absolute atomic E-state index is 5.17. The van der Waals surface area contributed by atoms with Crippen LogP contribution in [0.15, 0.2) is 24.3 Å². The van der Waals surface area contributed by atoms with Crippen molar-refractivity contribution in [2.45, 2.75) is 19.3 Å². The van der Waals surface area contributed by atoms with Crippen molar-refractivity contribution in [1.82, 2.24) is 5.32 Å². The summed E-state index contributed by atoms with van der Waals surface area (Å²) < 4.78 is 5.17. The van der Waals surface area contributed by atoms with Gasteiger partial charge in [0.05, 0.1) is 7.11 Å². The predicted octanol–water partition coefficient (Wildman–Crippen LogP) is 2.41. The second-order valence-electron chi connectivity index (χ2n) is 4.21. The molecule has 0 saturated carbocycles. The van der Waals surface area contributed by atoms with Crippen molar-refractivity contribution in [3.63, 3.8) is 0 Å². The monoisotopic (exact) mass is 205 g/mol. The summed E-state index contributed by atoms with van der Waals surface area (Å²) in [4.78, 5) is 0. The van der Waals surface area contributed by atoms with Crippen LogP contribution in [0, 0.1) is 5.92 Å². The molecule has 2 heteroatoms. The topological polar surface area (TPSA) is 21.3 Å². The van der Waals surface area contributed by atoms with Gasteiger partial charge in [0.1, 0.15) is 5.75 Å². The molecule has 1 saturated heterocycles. The van der Waals surface area contributed by atoms with Gasteiger partial charge in [-0.25, -0.2) is 0 Å². The Bertz CT molecular complexity index is 307. The zero-order valence-electron chi connectivity index (χ0n) is 9.49. The van der Waals surface area contributed by atoms with Crippen molar-refractivity contribution in [3.8, 4) is 5.75 Å². The second kappa shape index (κ2) is 4.67. The van der Waals surface area contributed by atoms with Gasteiger partial charge in [-0.05, 0) is 30.2 Å². The average Bonchev–Trinajstić information content (AvgIpc) is 2.77. The molecule has 0 radical (unpaired) electrons. The van der Waals surface area contributed by atoms with E-state index in [1.807, 2.05) is 0 Å². The Morgan fingerprint density at radius 3 is 2.60 bits per heavy atom. The Morgan fingerprint density at radius 2 is 2.00 bits per heavy atom. The van der Waals surface area contributed by atoms with Gasteiger partial charge in [0, 0.05) is 12.5 Å². The standard InChI is InChI=1S/C13H19NO/c1-3-10-8-14-9-13(10)11-4-6-12(15-2)7-5-11/h4-7,10,13-14H,3,8-9H2,1-2H3/t10-,13-/m0/s1. The van der Waals surface area contributed by atoms with Gasteiger partial charge in [0.2, 0.25) is 0 Å². The number of hydrogen-bond donors (Lipinski definition) is 1. The van der Waals surface area contributed by atoms with Gasteiger partial charge in [-0.15, -0.1) is 0 Å². The van der Waals surface area contributed by atoms with E-state index in [0.717, 1.165) is 24.8 Å². The van der Waals surface area contributed by atoms with Crippen LogP contribution in [-0.2, 0) is 0 Å². The highest BCUT2D eigenvalue weighted by Gasteiger charge is 2.26. The summed E-state index contributed by atoms with van der Waals surface area (Å²) >= 11 is 0. The second-order valence-corrected chi connectivity index (χ2v) is 4.21. The quantitative estimate of drug-likeness (QED) is 0.818. The van der Waals surface area contributed by atoms with Crippen LogP contribution in [0.3, 0.4) is 0 Å². The van der Waals surface area contributed by atoms with Crippen LogP contribution < -0.4 is 10.1 Å². The molecular weight excluding hydrogens is 186 g/mol. The Morgan fingerprint density at radius 1 is 1.27 bits per heavy atom. The molecule has 2 nitrogen and oxygen atoms in total. The average molecular weight is 205 g/mol. The molecule has 1 aliphatic heterocycles. The molecular formula is C13H19NO. The van der Waals surface area contributed by atoms with E-state index < -0.39 is 0 Å². The summed E-state index contributed by atoms with van der Waals surface area (Å²) in [6.07, 6.45) is 1.25. The zero-order valence-corrected chi connectivity index (χ0v) is 9.49. The molecule has 0 aromatic heterocycles. The summed E-state index contributed by atoms with van der Waals surface area (Å²) in [5.74, 6) is 2.41. The molecule has 0 unspecified atom stereocenters. The van der Waals surface area contributed by atoms with Gasteiger partial charge in [0.15, 0.2) is 0 Å². The summed E-state index contributed by atoms with van der Waals surface area (Å²) in [5, 5.41) is 3.47. The number of hydrogen-bond acceptors (Lipinski definition) is 2. The molecule has 2 atom stereocenters. The van der Waals surface area contributed by atoms with Crippen LogP contribution in [0.4, 0.5) is 0 Å². The Balaban J connectivity index is 2.14. The fourth-order valence-corrected chi connectivity index (χ4v) is 2.40. The summed E-state index contributed by atoms with van der Waals surface area (Å²) in [5.41, 5.74) is 1.44. The minimum Gasteiger partial charge on any atom is -0.497 e. The van der Waals surface area contributed by atoms with Gasteiger partial charge in [-0.3, -0.25) is 0 Å². The summed E-state index contributed by atoms with van der Waals surface area (Å²) in [6, 6.07) is 8.50. The lowest BCUT2D eigenvalue weighted by Gasteiger charge is -2.17. The van der Waals surface area contributed by atoms with Gasteiger partial charge in [-0.2, -0.15) is 0 Å². The molecule has 1 aliphatic rings. The third-order valence-corrected chi connectivity index (χ3v) is 3.41. The molecule has 2 rings (SSSR count). The fourth-order valence-electron chi connectivity index (χ4n) is 2.40. The van der Waals surface area contributed by atoms with E-state index in [1.54, 1.807) is 7.11 Å². The van der Waals surface area contributed by atoms with Gasteiger partial charge < -0.3 is 10.1 Å². The molecule has 1 aromatic rings. The minimum absolute atomic E-state index is 0.681. The SMILES string of the molecule is CC[C@H]1CNC[C@@H]1c1ccc(OC)cc1. The van der Waals surface area contributed by atoms with Crippen molar-refractivity contribution in [2.24, 2.45) is 5.92 Å². The summed E-state index contributed by atoms with van der Waals surface area (Å²) in [6.45, 7) is 4.55. The smallest absolute Gasteiger partial charge is 0.118 e. The normalized spacial score (nSPS) is 25.5. The highest BCUT2D eigenvalue weighted by molar-refractivity contribution is 5.30. The first-order valence-corrected chi connectivity index (χ1v) is 5.69. The third kappa shape index (κ3) is 2.15. The van der Waals surface area contributed by atoms with Crippen molar-refractivity contribution in [1.29, 1.82) is 0 Å². The van der Waals surface area contributed by atoms with E-state index in [0.29, 0.717) is 5.92 Å². The first-order valence-electron chi connectivity index (χ1n) is 5.69. The van der Waals surface area contributed by atoms with E-state index in [9.17, 15) is 0 Å². The zero-order chi connectivity index (χ0) is 10.7. The highest BCUT2D eigenvalue weighted by atomic mass is 16.5. The van der Waals surface area contributed by atoms with Gasteiger partial charge >= 0.3 is 0 Å². The maximum Gasteiger partial charge on any atom is 0.118 e. The highest BCUT2D eigenvalue weighted by Crippen LogP contribution is 2.30. The Kier molecular flexibility index (Phi) is 3.27. The van der Waals surface area contributed by atoms with Gasteiger partial charge in [-0.1, -0.05) is 25.5 Å². The number of methoxy groups -OCH3 is 1. The number of rotatable bonds is 3. The van der Waals surface area contributed by atoms with Crippen molar-refractivity contribution < 1.29 is 4.74 Å². The fraction of sp³-hybridized carbons (Fsp3) is 0.538. The van der Waals surface area contributed by atoms with Crippen molar-refractivity contribution in [2.75, 3.05) is 20.2 Å². The van der Waals surface area contributed by atoms with E-state index in [-0.39, 0.29) is 0 Å². The molecule has 0 bridgehead atoms. The maximum atomic E-state index is 5.17. The molecule has 0 amide bonds. The van der Waals surface area contributed by atoms with Crippen LogP contribution in [0.5, 0.6) is 5.75 Å². The van der Waals surface area contributed by atoms with E-state index >= 15 is 0 Å². The van der Waals surface area contributed by atoms with E-state index in [1.165, 1.54) is 12.0 Å². The lowest BCUT2D eigenvalue weighted by atomic mass is 9.87. The molecule has 0 aliphatic carbocycles. The largest absolute Gasteiger partial charge is 0.497 e. The molecule has 0 spiro atoms. The third-order valence-electron chi connectivity index (χ3n) is 3.41. The minimum atomic E-state index is 0.681. The molecule has 1 heterocycles. The van der Waals surface area contributed by atoms with Gasteiger partial charge in [0.25, 0.3) is 0 Å². The molecule has 1 N–H and O–H groups in total. The van der Waals surface area contributed by atoms with Crippen LogP contribution in [0.2, 0.25) is 0 Å². The van der Waals surface area contributed by atoms with E-state index in [2.05, 4.69) is 36.5 Å². The Labute approximate surface area is 91.6 Å². The molecule has 1 aromatic carbocycles. The number of benzene rings is 1. The summed E-state index contributed by atoms with van der Waals surface area (Å²) in [7, 11) is 1.71. The first-order chi connectivity index (χ1) is 7.35. The van der Waals surface area contributed by atoms with Crippen LogP contribution in [0.25, 0.3) is 0 Å². The van der Waals surface area contributed by atoms with E-state index in [4.69, 9.17) is 4.74 Å². The lowest BCUT2D eigenvalue weighted by Crippen LogP contribution is -2.09. The van der Waals surface area contributed by atoms with Crippen LogP contribution in [-0.4, -0.2) is 20.2 Å². The lowest BCUT2D eigenvalue weighted by molar-refractivity contribution is 0.414. The van der Waals surface area contributed by atoms with Crippen molar-refractivity contribution >= 4 is 0 Å². The number of nitrogens with one attached hydrogen (secondary N) is 1. The predicted molar refractivity (Wildman–Crippen MR) is 62.4 cm³/mol. The Hall–Kier alpha value is -1.02. The molecule has 1 fully saturated rings. The van der Waals surface area contributed by atoms with Crippen molar-refractivity contribution in [3.05, 3.63) is 29.8 Å². The van der Waals surface area contributed by atoms with Crippen LogP contribution >= 0.6 is 0 Å². The molecule has 15 heavy (non-hydrogen) atoms. The molecule has 82 valence electrons. The van der Waals surface area contributed by atoms with Crippen LogP contribution in [0.1, 0.15) is 24.8 Å².